The molecule has 1 heterocycles. The van der Waals surface area contributed by atoms with Crippen LogP contribution >= 0.6 is 23.2 Å². The molecular formula is C14H14Cl2N4O2. The number of aromatic nitrogens is 2. The normalized spacial score (nSPS) is 10.4. The molecule has 6 nitrogen and oxygen atoms in total. The van der Waals surface area contributed by atoms with Gasteiger partial charge in [-0.25, -0.2) is 9.97 Å². The minimum atomic E-state index is 0.173. The number of hydrogen-bond acceptors (Lipinski definition) is 6. The van der Waals surface area contributed by atoms with Crippen molar-refractivity contribution < 1.29 is 9.47 Å². The summed E-state index contributed by atoms with van der Waals surface area (Å²) in [4.78, 5) is 8.37. The zero-order chi connectivity index (χ0) is 16.4. The number of anilines is 1. The largest absolute Gasteiger partial charge is 0.495 e. The Morgan fingerprint density at radius 1 is 1.18 bits per heavy atom. The lowest BCUT2D eigenvalue weighted by atomic mass is 10.1. The molecule has 0 fully saturated rings. The Morgan fingerprint density at radius 2 is 1.73 bits per heavy atom. The zero-order valence-corrected chi connectivity index (χ0v) is 13.7. The molecule has 0 aliphatic carbocycles. The van der Waals surface area contributed by atoms with Crippen molar-refractivity contribution in [3.8, 4) is 22.9 Å². The number of hydrogen-bond donors (Lipinski definition) is 2. The third-order valence-electron chi connectivity index (χ3n) is 3.02. The molecule has 0 aliphatic rings. The number of nitrogens with one attached hydrogen (secondary N) is 1. The molecule has 0 radical (unpaired) electrons. The molecule has 0 aliphatic heterocycles. The molecule has 0 saturated carbocycles. The van der Waals surface area contributed by atoms with E-state index in [9.17, 15) is 0 Å². The number of benzene rings is 1. The van der Waals surface area contributed by atoms with E-state index in [0.29, 0.717) is 22.6 Å². The standard InChI is InChI=1S/C14H14Cl2N4O2/c1-6(17)7-5-19-14(20-13(7)18)10-11(15)8(21-2)4-9(22-3)12(10)16/h4-5,17H,1-3H3,(H2,18,19,20). The highest BCUT2D eigenvalue weighted by Gasteiger charge is 2.21. The molecule has 22 heavy (non-hydrogen) atoms. The average Bonchev–Trinajstić information content (AvgIpc) is 2.47. The average molecular weight is 341 g/mol. The molecule has 8 heteroatoms. The van der Waals surface area contributed by atoms with E-state index in [-0.39, 0.29) is 27.4 Å². The molecule has 0 bridgehead atoms. The van der Waals surface area contributed by atoms with E-state index in [1.165, 1.54) is 20.4 Å². The predicted octanol–water partition coefficient (Wildman–Crippen LogP) is 3.44. The SMILES string of the molecule is COc1cc(OC)c(Cl)c(-c2ncc(C(C)=N)c(N)n2)c1Cl. The molecule has 116 valence electrons. The lowest BCUT2D eigenvalue weighted by Crippen LogP contribution is -2.05. The highest BCUT2D eigenvalue weighted by Crippen LogP contribution is 2.44. The van der Waals surface area contributed by atoms with Gasteiger partial charge in [0.15, 0.2) is 5.82 Å². The van der Waals surface area contributed by atoms with Crippen molar-refractivity contribution in [1.29, 1.82) is 5.41 Å². The van der Waals surface area contributed by atoms with E-state index >= 15 is 0 Å². The topological polar surface area (TPSA) is 94.1 Å². The van der Waals surface area contributed by atoms with Crippen LogP contribution in [0.25, 0.3) is 11.4 Å². The molecule has 0 saturated heterocycles. The molecule has 2 aromatic rings. The molecule has 0 atom stereocenters. The summed E-state index contributed by atoms with van der Waals surface area (Å²) >= 11 is 12.6. The predicted molar refractivity (Wildman–Crippen MR) is 87.5 cm³/mol. The minimum absolute atomic E-state index is 0.173. The first-order valence-corrected chi connectivity index (χ1v) is 6.94. The number of halogens is 2. The van der Waals surface area contributed by atoms with E-state index in [0.717, 1.165) is 0 Å². The summed E-state index contributed by atoms with van der Waals surface area (Å²) in [5, 5.41) is 8.12. The van der Waals surface area contributed by atoms with Crippen LogP contribution in [0.5, 0.6) is 11.5 Å². The first-order chi connectivity index (χ1) is 10.4. The molecule has 1 aromatic carbocycles. The van der Waals surface area contributed by atoms with Crippen LogP contribution in [0, 0.1) is 5.41 Å². The van der Waals surface area contributed by atoms with Crippen molar-refractivity contribution in [3.63, 3.8) is 0 Å². The Balaban J connectivity index is 2.71. The summed E-state index contributed by atoms with van der Waals surface area (Å²) < 4.78 is 10.4. The van der Waals surface area contributed by atoms with E-state index in [4.69, 9.17) is 43.8 Å². The number of ether oxygens (including phenoxy) is 2. The van der Waals surface area contributed by atoms with Gasteiger partial charge in [0, 0.05) is 18.0 Å². The van der Waals surface area contributed by atoms with Crippen LogP contribution in [0.4, 0.5) is 5.82 Å². The quantitative estimate of drug-likeness (QED) is 0.831. The van der Waals surface area contributed by atoms with Crippen molar-refractivity contribution >= 4 is 34.7 Å². The van der Waals surface area contributed by atoms with Gasteiger partial charge in [-0.2, -0.15) is 0 Å². The summed E-state index contributed by atoms with van der Waals surface area (Å²) in [5.41, 5.74) is 6.94. The summed E-state index contributed by atoms with van der Waals surface area (Å²) in [6, 6.07) is 1.58. The van der Waals surface area contributed by atoms with Gasteiger partial charge in [0.05, 0.1) is 35.4 Å². The highest BCUT2D eigenvalue weighted by molar-refractivity contribution is 6.40. The van der Waals surface area contributed by atoms with Crippen molar-refractivity contribution in [2.75, 3.05) is 20.0 Å². The second-order valence-electron chi connectivity index (χ2n) is 4.40. The first-order valence-electron chi connectivity index (χ1n) is 6.19. The van der Waals surface area contributed by atoms with Crippen molar-refractivity contribution in [2.45, 2.75) is 6.92 Å². The Kier molecular flexibility index (Phi) is 4.73. The van der Waals surface area contributed by atoms with Gasteiger partial charge in [0.25, 0.3) is 0 Å². The Morgan fingerprint density at radius 3 is 2.14 bits per heavy atom. The number of nitrogens with zero attached hydrogens (tertiary/aromatic N) is 2. The molecule has 3 N–H and O–H groups in total. The fourth-order valence-corrected chi connectivity index (χ4v) is 2.56. The van der Waals surface area contributed by atoms with Crippen LogP contribution in [-0.4, -0.2) is 29.9 Å². The highest BCUT2D eigenvalue weighted by atomic mass is 35.5. The maximum Gasteiger partial charge on any atom is 0.164 e. The Labute approximate surface area is 137 Å². The third kappa shape index (κ3) is 2.80. The fraction of sp³-hybridized carbons (Fsp3) is 0.214. The van der Waals surface area contributed by atoms with Gasteiger partial charge in [-0.1, -0.05) is 23.2 Å². The molecule has 1 aromatic heterocycles. The van der Waals surface area contributed by atoms with Gasteiger partial charge >= 0.3 is 0 Å². The smallest absolute Gasteiger partial charge is 0.164 e. The molecule has 0 unspecified atom stereocenters. The second-order valence-corrected chi connectivity index (χ2v) is 5.16. The van der Waals surface area contributed by atoms with E-state index in [1.807, 2.05) is 0 Å². The number of rotatable bonds is 4. The molecule has 0 spiro atoms. The lowest BCUT2D eigenvalue weighted by molar-refractivity contribution is 0.395. The van der Waals surface area contributed by atoms with E-state index in [1.54, 1.807) is 13.0 Å². The van der Waals surface area contributed by atoms with Gasteiger partial charge in [-0.3, -0.25) is 0 Å². The van der Waals surface area contributed by atoms with E-state index in [2.05, 4.69) is 9.97 Å². The first kappa shape index (κ1) is 16.3. The van der Waals surface area contributed by atoms with Crippen molar-refractivity contribution in [3.05, 3.63) is 27.9 Å². The van der Waals surface area contributed by atoms with Crippen LogP contribution in [0.3, 0.4) is 0 Å². The monoisotopic (exact) mass is 340 g/mol. The Bertz CT molecular complexity index is 722. The lowest BCUT2D eigenvalue weighted by Gasteiger charge is -2.14. The minimum Gasteiger partial charge on any atom is -0.495 e. The van der Waals surface area contributed by atoms with Crippen LogP contribution in [0.15, 0.2) is 12.3 Å². The summed E-state index contributed by atoms with van der Waals surface area (Å²) in [6.45, 7) is 1.60. The summed E-state index contributed by atoms with van der Waals surface area (Å²) in [7, 11) is 2.96. The van der Waals surface area contributed by atoms with Gasteiger partial charge in [-0.05, 0) is 6.92 Å². The second kappa shape index (κ2) is 6.37. The maximum absolute atomic E-state index is 7.61. The molecule has 2 rings (SSSR count). The van der Waals surface area contributed by atoms with Gasteiger partial charge in [0.2, 0.25) is 0 Å². The zero-order valence-electron chi connectivity index (χ0n) is 12.2. The molecular weight excluding hydrogens is 327 g/mol. The summed E-state index contributed by atoms with van der Waals surface area (Å²) in [6.07, 6.45) is 1.46. The van der Waals surface area contributed by atoms with Crippen LogP contribution in [-0.2, 0) is 0 Å². The fourth-order valence-electron chi connectivity index (χ4n) is 1.89. The maximum atomic E-state index is 7.61. The van der Waals surface area contributed by atoms with Crippen LogP contribution in [0.1, 0.15) is 12.5 Å². The molecule has 0 amide bonds. The number of methoxy groups -OCH3 is 2. The summed E-state index contributed by atoms with van der Waals surface area (Å²) in [5.74, 6) is 1.17. The number of nitrogen functional groups attached to an aromatic ring is 1. The van der Waals surface area contributed by atoms with Crippen LogP contribution in [0.2, 0.25) is 10.0 Å². The van der Waals surface area contributed by atoms with Crippen molar-refractivity contribution in [1.82, 2.24) is 9.97 Å². The van der Waals surface area contributed by atoms with Gasteiger partial charge < -0.3 is 20.6 Å². The van der Waals surface area contributed by atoms with Gasteiger partial charge in [0.1, 0.15) is 17.3 Å². The van der Waals surface area contributed by atoms with Gasteiger partial charge in [-0.15, -0.1) is 0 Å². The third-order valence-corrected chi connectivity index (χ3v) is 3.77. The van der Waals surface area contributed by atoms with Crippen molar-refractivity contribution in [2.24, 2.45) is 0 Å². The van der Waals surface area contributed by atoms with E-state index < -0.39 is 0 Å². The Hall–Kier alpha value is -2.05. The number of nitrogens with two attached hydrogens (primary N) is 1. The van der Waals surface area contributed by atoms with Crippen LogP contribution < -0.4 is 15.2 Å².